The molecule has 0 saturated heterocycles. The molecule has 1 amide bonds. The number of ether oxygens (including phenoxy) is 1. The maximum Gasteiger partial charge on any atom is 0.408 e. The predicted molar refractivity (Wildman–Crippen MR) is 85.3 cm³/mol. The molecule has 6 heteroatoms. The van der Waals surface area contributed by atoms with E-state index < -0.39 is 17.7 Å². The van der Waals surface area contributed by atoms with E-state index in [1.165, 1.54) is 0 Å². The Hall–Kier alpha value is -2.50. The summed E-state index contributed by atoms with van der Waals surface area (Å²) in [5, 5.41) is 7.21. The average molecular weight is 302 g/mol. The van der Waals surface area contributed by atoms with Gasteiger partial charge in [0, 0.05) is 13.1 Å². The highest BCUT2D eigenvalue weighted by Gasteiger charge is 2.23. The first kappa shape index (κ1) is 15.9. The predicted octanol–water partition coefficient (Wildman–Crippen LogP) is 2.62. The second-order valence-corrected chi connectivity index (χ2v) is 6.11. The van der Waals surface area contributed by atoms with Crippen LogP contribution in [0.2, 0.25) is 0 Å². The van der Waals surface area contributed by atoms with E-state index in [0.29, 0.717) is 11.5 Å². The summed E-state index contributed by atoms with van der Waals surface area (Å²) < 4.78 is 6.90. The molecule has 2 aromatic rings. The van der Waals surface area contributed by atoms with Crippen LogP contribution >= 0.6 is 0 Å². The van der Waals surface area contributed by atoms with E-state index in [-0.39, 0.29) is 0 Å². The monoisotopic (exact) mass is 302 g/mol. The van der Waals surface area contributed by atoms with Gasteiger partial charge >= 0.3 is 6.09 Å². The van der Waals surface area contributed by atoms with Crippen molar-refractivity contribution in [1.29, 1.82) is 0 Å². The van der Waals surface area contributed by atoms with Gasteiger partial charge in [-0.3, -0.25) is 4.68 Å². The summed E-state index contributed by atoms with van der Waals surface area (Å²) in [4.78, 5) is 12.1. The summed E-state index contributed by atoms with van der Waals surface area (Å²) in [7, 11) is 1.76. The van der Waals surface area contributed by atoms with Crippen LogP contribution in [0.3, 0.4) is 0 Å². The molecule has 0 aliphatic rings. The van der Waals surface area contributed by atoms with Gasteiger partial charge in [0.1, 0.15) is 17.5 Å². The quantitative estimate of drug-likeness (QED) is 0.913. The molecular formula is C16H22N4O2. The van der Waals surface area contributed by atoms with Gasteiger partial charge in [-0.05, 0) is 26.3 Å². The molecule has 1 heterocycles. The summed E-state index contributed by atoms with van der Waals surface area (Å²) >= 11 is 0. The molecule has 0 aliphatic heterocycles. The molecule has 3 N–H and O–H groups in total. The van der Waals surface area contributed by atoms with Gasteiger partial charge in [-0.2, -0.15) is 5.10 Å². The summed E-state index contributed by atoms with van der Waals surface area (Å²) in [6, 6.07) is 10.9. The van der Waals surface area contributed by atoms with Crippen molar-refractivity contribution in [2.45, 2.75) is 32.4 Å². The van der Waals surface area contributed by atoms with E-state index in [4.69, 9.17) is 10.5 Å². The van der Waals surface area contributed by atoms with Crippen molar-refractivity contribution >= 4 is 11.9 Å². The third kappa shape index (κ3) is 4.00. The number of benzene rings is 1. The average Bonchev–Trinajstić information content (AvgIpc) is 2.75. The van der Waals surface area contributed by atoms with Crippen molar-refractivity contribution in [3.63, 3.8) is 0 Å². The lowest BCUT2D eigenvalue weighted by Gasteiger charge is -2.23. The molecule has 1 aromatic heterocycles. The van der Waals surface area contributed by atoms with E-state index in [2.05, 4.69) is 10.4 Å². The number of hydrogen-bond donors (Lipinski definition) is 2. The molecule has 1 atom stereocenters. The minimum Gasteiger partial charge on any atom is -0.444 e. The van der Waals surface area contributed by atoms with Crippen LogP contribution in [0.15, 0.2) is 36.4 Å². The number of hydrogen-bond acceptors (Lipinski definition) is 4. The lowest BCUT2D eigenvalue weighted by atomic mass is 10.0. The van der Waals surface area contributed by atoms with E-state index in [9.17, 15) is 4.79 Å². The van der Waals surface area contributed by atoms with Crippen molar-refractivity contribution < 1.29 is 9.53 Å². The van der Waals surface area contributed by atoms with Crippen molar-refractivity contribution in [3.8, 4) is 0 Å². The van der Waals surface area contributed by atoms with E-state index in [1.807, 2.05) is 51.1 Å². The highest BCUT2D eigenvalue weighted by molar-refractivity contribution is 5.69. The summed E-state index contributed by atoms with van der Waals surface area (Å²) in [5.74, 6) is 0.530. The van der Waals surface area contributed by atoms with Crippen LogP contribution in [0.1, 0.15) is 38.1 Å². The van der Waals surface area contributed by atoms with Crippen LogP contribution in [0.25, 0.3) is 0 Å². The molecule has 0 saturated carbocycles. The van der Waals surface area contributed by atoms with Gasteiger partial charge in [-0.1, -0.05) is 30.3 Å². The molecular weight excluding hydrogens is 280 g/mol. The van der Waals surface area contributed by atoms with Gasteiger partial charge < -0.3 is 15.8 Å². The lowest BCUT2D eigenvalue weighted by molar-refractivity contribution is 0.0511. The summed E-state index contributed by atoms with van der Waals surface area (Å²) in [6.07, 6.45) is -0.495. The zero-order chi connectivity index (χ0) is 16.3. The van der Waals surface area contributed by atoms with E-state index in [0.717, 1.165) is 5.56 Å². The van der Waals surface area contributed by atoms with Crippen LogP contribution in [0.5, 0.6) is 0 Å². The third-order valence-corrected chi connectivity index (χ3v) is 3.02. The summed E-state index contributed by atoms with van der Waals surface area (Å²) in [5.41, 5.74) is 6.86. The van der Waals surface area contributed by atoms with Gasteiger partial charge in [0.05, 0.1) is 5.69 Å². The van der Waals surface area contributed by atoms with Crippen LogP contribution in [-0.4, -0.2) is 21.5 Å². The first-order chi connectivity index (χ1) is 10.3. The normalized spacial score (nSPS) is 12.7. The lowest BCUT2D eigenvalue weighted by Crippen LogP contribution is -2.35. The molecule has 0 fully saturated rings. The van der Waals surface area contributed by atoms with Crippen molar-refractivity contribution in [3.05, 3.63) is 47.7 Å². The Balaban J connectivity index is 2.29. The minimum atomic E-state index is -0.561. The van der Waals surface area contributed by atoms with E-state index >= 15 is 0 Å². The molecule has 22 heavy (non-hydrogen) atoms. The number of aromatic nitrogens is 2. The fraction of sp³-hybridized carbons (Fsp3) is 0.375. The number of nitrogens with two attached hydrogens (primary N) is 1. The second-order valence-electron chi connectivity index (χ2n) is 6.11. The maximum absolute atomic E-state index is 12.1. The minimum absolute atomic E-state index is 0.417. The highest BCUT2D eigenvalue weighted by Crippen LogP contribution is 2.23. The third-order valence-electron chi connectivity index (χ3n) is 3.02. The number of carbonyl (C=O) groups excluding carboxylic acids is 1. The number of rotatable bonds is 3. The summed E-state index contributed by atoms with van der Waals surface area (Å²) in [6.45, 7) is 5.47. The number of nitrogens with one attached hydrogen (secondary N) is 1. The zero-order valence-corrected chi connectivity index (χ0v) is 13.3. The molecule has 0 radical (unpaired) electrons. The Morgan fingerprint density at radius 1 is 1.32 bits per heavy atom. The van der Waals surface area contributed by atoms with Crippen molar-refractivity contribution in [2.24, 2.45) is 7.05 Å². The Labute approximate surface area is 130 Å². The highest BCUT2D eigenvalue weighted by atomic mass is 16.6. The molecule has 0 spiro atoms. The smallest absolute Gasteiger partial charge is 0.408 e. The van der Waals surface area contributed by atoms with Gasteiger partial charge in [0.25, 0.3) is 0 Å². The molecule has 1 aromatic carbocycles. The van der Waals surface area contributed by atoms with Crippen LogP contribution in [0.4, 0.5) is 10.6 Å². The molecule has 2 rings (SSSR count). The van der Waals surface area contributed by atoms with Gasteiger partial charge in [-0.25, -0.2) is 4.79 Å². The molecule has 6 nitrogen and oxygen atoms in total. The molecule has 118 valence electrons. The topological polar surface area (TPSA) is 82.2 Å². The molecule has 0 bridgehead atoms. The Morgan fingerprint density at radius 2 is 1.95 bits per heavy atom. The number of alkyl carbamates (subject to hydrolysis) is 1. The fourth-order valence-corrected chi connectivity index (χ4v) is 2.04. The van der Waals surface area contributed by atoms with Crippen LogP contribution < -0.4 is 11.1 Å². The largest absolute Gasteiger partial charge is 0.444 e. The number of aryl methyl sites for hydroxylation is 1. The maximum atomic E-state index is 12.1. The van der Waals surface area contributed by atoms with Crippen LogP contribution in [0, 0.1) is 0 Å². The Morgan fingerprint density at radius 3 is 2.45 bits per heavy atom. The Bertz CT molecular complexity index is 624. The second kappa shape index (κ2) is 6.09. The first-order valence-electron chi connectivity index (χ1n) is 7.10. The number of carbonyl (C=O) groups is 1. The van der Waals surface area contributed by atoms with E-state index in [1.54, 1.807) is 17.8 Å². The zero-order valence-electron chi connectivity index (χ0n) is 13.3. The molecule has 0 aliphatic carbocycles. The standard InChI is InChI=1S/C16H22N4O2/c1-16(2,3)22-15(21)18-14(11-8-6-5-7-9-11)12-10-13(17)20(4)19-12/h5-10,14H,17H2,1-4H3,(H,18,21). The van der Waals surface area contributed by atoms with Gasteiger partial charge in [-0.15, -0.1) is 0 Å². The van der Waals surface area contributed by atoms with Crippen LogP contribution in [-0.2, 0) is 11.8 Å². The SMILES string of the molecule is Cn1nc(C(NC(=O)OC(C)(C)C)c2ccccc2)cc1N. The van der Waals surface area contributed by atoms with Gasteiger partial charge in [0.2, 0.25) is 0 Å². The van der Waals surface area contributed by atoms with Gasteiger partial charge in [0.15, 0.2) is 0 Å². The number of anilines is 1. The molecule has 1 unspecified atom stereocenters. The number of amides is 1. The number of nitrogens with zero attached hydrogens (tertiary/aromatic N) is 2. The fourth-order valence-electron chi connectivity index (χ4n) is 2.04. The van der Waals surface area contributed by atoms with Crippen molar-refractivity contribution in [1.82, 2.24) is 15.1 Å². The van der Waals surface area contributed by atoms with Crippen molar-refractivity contribution in [2.75, 3.05) is 5.73 Å². The first-order valence-corrected chi connectivity index (χ1v) is 7.10. The number of nitrogen functional groups attached to an aromatic ring is 1. The Kier molecular flexibility index (Phi) is 4.40.